The van der Waals surface area contributed by atoms with Crippen molar-refractivity contribution in [1.82, 2.24) is 9.55 Å². The molecule has 3 nitrogen and oxygen atoms in total. The molecule has 1 saturated carbocycles. The molecule has 102 valence electrons. The molecule has 2 heterocycles. The topological polar surface area (TPSA) is 43.8 Å². The van der Waals surface area contributed by atoms with Crippen molar-refractivity contribution in [3.8, 4) is 11.4 Å². The molecule has 0 saturated heterocycles. The number of fused-ring (bicyclic) bond motifs is 1. The first-order valence-electron chi connectivity index (χ1n) is 7.13. The Hall–Kier alpha value is -1.81. The van der Waals surface area contributed by atoms with Gasteiger partial charge in [0, 0.05) is 10.9 Å². The van der Waals surface area contributed by atoms with Crippen LogP contribution in [0.4, 0.5) is 5.00 Å². The number of aryl methyl sites for hydroxylation is 1. The predicted molar refractivity (Wildman–Crippen MR) is 85.1 cm³/mol. The van der Waals surface area contributed by atoms with Gasteiger partial charge in [-0.25, -0.2) is 4.98 Å². The smallest absolute Gasteiger partial charge is 0.144 e. The molecule has 0 unspecified atom stereocenters. The molecule has 0 atom stereocenters. The minimum atomic E-state index is 0.599. The van der Waals surface area contributed by atoms with Gasteiger partial charge in [0.05, 0.1) is 21.6 Å². The third-order valence-corrected chi connectivity index (χ3v) is 5.02. The van der Waals surface area contributed by atoms with Crippen molar-refractivity contribution in [2.24, 2.45) is 0 Å². The number of aromatic nitrogens is 2. The quantitative estimate of drug-likeness (QED) is 0.781. The van der Waals surface area contributed by atoms with Gasteiger partial charge in [0.25, 0.3) is 0 Å². The Balaban J connectivity index is 1.98. The zero-order valence-electron chi connectivity index (χ0n) is 11.5. The molecule has 20 heavy (non-hydrogen) atoms. The molecule has 0 aliphatic heterocycles. The molecule has 1 aliphatic rings. The van der Waals surface area contributed by atoms with Crippen LogP contribution in [-0.4, -0.2) is 9.55 Å². The van der Waals surface area contributed by atoms with Crippen LogP contribution in [0.1, 0.15) is 30.7 Å². The van der Waals surface area contributed by atoms with Gasteiger partial charge < -0.3 is 10.3 Å². The third kappa shape index (κ3) is 1.75. The van der Waals surface area contributed by atoms with E-state index in [2.05, 4.69) is 35.8 Å². The number of nitrogens with two attached hydrogens (primary N) is 1. The fraction of sp³-hybridized carbons (Fsp3) is 0.312. The summed E-state index contributed by atoms with van der Waals surface area (Å²) >= 11 is 1.68. The van der Waals surface area contributed by atoms with E-state index in [0.29, 0.717) is 6.04 Å². The standard InChI is InChI=1S/C16H17N3S/c1-2-11-9-12(15(17)20-11)16-18-13-5-3-4-6-14(13)19(16)10-7-8-10/h3-6,9-10H,2,7-8,17H2,1H3. The Morgan fingerprint density at radius 3 is 2.85 bits per heavy atom. The number of hydrogen-bond donors (Lipinski definition) is 1. The van der Waals surface area contributed by atoms with Gasteiger partial charge in [-0.05, 0) is 37.5 Å². The lowest BCUT2D eigenvalue weighted by Gasteiger charge is -2.06. The fourth-order valence-electron chi connectivity index (χ4n) is 2.74. The first-order chi connectivity index (χ1) is 9.78. The molecule has 0 spiro atoms. The monoisotopic (exact) mass is 283 g/mol. The number of thiophene rings is 1. The molecule has 1 aromatic carbocycles. The number of anilines is 1. The minimum Gasteiger partial charge on any atom is -0.390 e. The normalized spacial score (nSPS) is 15.1. The van der Waals surface area contributed by atoms with E-state index < -0.39 is 0 Å². The number of nitrogens with zero attached hydrogens (tertiary/aromatic N) is 2. The molecular formula is C16H17N3S. The number of hydrogen-bond acceptors (Lipinski definition) is 3. The number of nitrogen functional groups attached to an aromatic ring is 1. The summed E-state index contributed by atoms with van der Waals surface area (Å²) in [7, 11) is 0. The van der Waals surface area contributed by atoms with Gasteiger partial charge in [0.15, 0.2) is 0 Å². The molecule has 0 radical (unpaired) electrons. The first kappa shape index (κ1) is 12.0. The zero-order valence-corrected chi connectivity index (χ0v) is 12.3. The molecule has 4 heteroatoms. The summed E-state index contributed by atoms with van der Waals surface area (Å²) in [6.07, 6.45) is 3.52. The molecule has 0 amide bonds. The van der Waals surface area contributed by atoms with Crippen LogP contribution in [0.3, 0.4) is 0 Å². The van der Waals surface area contributed by atoms with E-state index in [0.717, 1.165) is 28.3 Å². The predicted octanol–water partition coefficient (Wildman–Crippen LogP) is 4.24. The maximum absolute atomic E-state index is 6.23. The Bertz CT molecular complexity index is 780. The van der Waals surface area contributed by atoms with Crippen LogP contribution in [0.2, 0.25) is 0 Å². The van der Waals surface area contributed by atoms with Gasteiger partial charge in [-0.1, -0.05) is 19.1 Å². The maximum atomic E-state index is 6.23. The summed E-state index contributed by atoms with van der Waals surface area (Å²) in [4.78, 5) is 6.17. The van der Waals surface area contributed by atoms with Gasteiger partial charge in [-0.2, -0.15) is 0 Å². The average Bonchev–Trinajstić information content (AvgIpc) is 3.12. The Kier molecular flexibility index (Phi) is 2.60. The van der Waals surface area contributed by atoms with Crippen molar-refractivity contribution < 1.29 is 0 Å². The van der Waals surface area contributed by atoms with Gasteiger partial charge in [-0.3, -0.25) is 0 Å². The zero-order chi connectivity index (χ0) is 13.7. The van der Waals surface area contributed by atoms with Crippen LogP contribution < -0.4 is 5.73 Å². The van der Waals surface area contributed by atoms with Gasteiger partial charge >= 0.3 is 0 Å². The Morgan fingerprint density at radius 2 is 2.15 bits per heavy atom. The van der Waals surface area contributed by atoms with Crippen molar-refractivity contribution in [3.63, 3.8) is 0 Å². The van der Waals surface area contributed by atoms with E-state index in [1.54, 1.807) is 11.3 Å². The summed E-state index contributed by atoms with van der Waals surface area (Å²) in [5.41, 5.74) is 9.63. The molecule has 2 aromatic heterocycles. The second-order valence-corrected chi connectivity index (χ2v) is 6.54. The van der Waals surface area contributed by atoms with Gasteiger partial charge in [0.2, 0.25) is 0 Å². The van der Waals surface area contributed by atoms with Crippen LogP contribution in [0.25, 0.3) is 22.4 Å². The highest BCUT2D eigenvalue weighted by molar-refractivity contribution is 7.16. The highest BCUT2D eigenvalue weighted by Gasteiger charge is 2.29. The molecule has 1 aliphatic carbocycles. The van der Waals surface area contributed by atoms with Crippen molar-refractivity contribution >= 4 is 27.4 Å². The van der Waals surface area contributed by atoms with Crippen LogP contribution in [-0.2, 0) is 6.42 Å². The van der Waals surface area contributed by atoms with E-state index in [1.165, 1.54) is 23.2 Å². The number of rotatable bonds is 3. The van der Waals surface area contributed by atoms with Crippen molar-refractivity contribution in [3.05, 3.63) is 35.2 Å². The molecule has 0 bridgehead atoms. The fourth-order valence-corrected chi connectivity index (χ4v) is 3.61. The van der Waals surface area contributed by atoms with E-state index >= 15 is 0 Å². The molecule has 2 N–H and O–H groups in total. The van der Waals surface area contributed by atoms with Crippen LogP contribution in [0.15, 0.2) is 30.3 Å². The number of benzene rings is 1. The Labute approximate surface area is 122 Å². The molecule has 3 aromatic rings. The second kappa shape index (κ2) is 4.35. The lowest BCUT2D eigenvalue weighted by atomic mass is 10.2. The van der Waals surface area contributed by atoms with Gasteiger partial charge in [-0.15, -0.1) is 11.3 Å². The number of imidazole rings is 1. The summed E-state index contributed by atoms with van der Waals surface area (Å²) in [5, 5.41) is 0.888. The van der Waals surface area contributed by atoms with Crippen LogP contribution in [0, 0.1) is 0 Å². The molecular weight excluding hydrogens is 266 g/mol. The van der Waals surface area contributed by atoms with Crippen LogP contribution >= 0.6 is 11.3 Å². The largest absolute Gasteiger partial charge is 0.390 e. The molecule has 4 rings (SSSR count). The minimum absolute atomic E-state index is 0.599. The first-order valence-corrected chi connectivity index (χ1v) is 7.95. The maximum Gasteiger partial charge on any atom is 0.144 e. The summed E-state index contributed by atoms with van der Waals surface area (Å²) in [5.74, 6) is 1.04. The highest BCUT2D eigenvalue weighted by Crippen LogP contribution is 2.43. The number of para-hydroxylation sites is 2. The third-order valence-electron chi connectivity index (χ3n) is 3.91. The van der Waals surface area contributed by atoms with Crippen molar-refractivity contribution in [2.45, 2.75) is 32.2 Å². The summed E-state index contributed by atoms with van der Waals surface area (Å²) in [6.45, 7) is 2.17. The lowest BCUT2D eigenvalue weighted by Crippen LogP contribution is -1.98. The van der Waals surface area contributed by atoms with Crippen molar-refractivity contribution in [2.75, 3.05) is 5.73 Å². The SMILES string of the molecule is CCc1cc(-c2nc3ccccc3n2C2CC2)c(N)s1. The molecule has 1 fully saturated rings. The second-order valence-electron chi connectivity index (χ2n) is 5.37. The Morgan fingerprint density at radius 1 is 1.35 bits per heavy atom. The lowest BCUT2D eigenvalue weighted by molar-refractivity contribution is 0.776. The highest BCUT2D eigenvalue weighted by atomic mass is 32.1. The van der Waals surface area contributed by atoms with Gasteiger partial charge in [0.1, 0.15) is 5.82 Å². The van der Waals surface area contributed by atoms with Crippen LogP contribution in [0.5, 0.6) is 0 Å². The summed E-state index contributed by atoms with van der Waals surface area (Å²) in [6, 6.07) is 11.2. The average molecular weight is 283 g/mol. The summed E-state index contributed by atoms with van der Waals surface area (Å²) < 4.78 is 2.38. The van der Waals surface area contributed by atoms with E-state index in [-0.39, 0.29) is 0 Å². The van der Waals surface area contributed by atoms with E-state index in [1.807, 2.05) is 6.07 Å². The van der Waals surface area contributed by atoms with E-state index in [4.69, 9.17) is 10.7 Å². The van der Waals surface area contributed by atoms with E-state index in [9.17, 15) is 0 Å². The van der Waals surface area contributed by atoms with Crippen molar-refractivity contribution in [1.29, 1.82) is 0 Å².